The van der Waals surface area contributed by atoms with Crippen molar-refractivity contribution in [2.24, 2.45) is 0 Å². The summed E-state index contributed by atoms with van der Waals surface area (Å²) in [7, 11) is 1.60. The van der Waals surface area contributed by atoms with Crippen molar-refractivity contribution < 1.29 is 9.26 Å². The molecule has 0 spiro atoms. The van der Waals surface area contributed by atoms with Crippen molar-refractivity contribution in [3.05, 3.63) is 24.0 Å². The molecule has 0 fully saturated rings. The van der Waals surface area contributed by atoms with Crippen molar-refractivity contribution in [1.82, 2.24) is 10.1 Å². The van der Waals surface area contributed by atoms with Crippen LogP contribution in [0.1, 0.15) is 26.1 Å². The second-order valence-electron chi connectivity index (χ2n) is 4.50. The maximum Gasteiger partial charge on any atom is 0.260 e. The molecule has 0 aliphatic carbocycles. The summed E-state index contributed by atoms with van der Waals surface area (Å²) in [6.45, 7) is 4.35. The summed E-state index contributed by atoms with van der Waals surface area (Å²) in [5, 5.41) is 4.57. The van der Waals surface area contributed by atoms with E-state index in [0.717, 1.165) is 17.7 Å². The molecule has 1 heterocycles. The van der Waals surface area contributed by atoms with E-state index in [1.54, 1.807) is 13.2 Å². The monoisotopic (exact) mass is 293 g/mol. The van der Waals surface area contributed by atoms with Crippen LogP contribution in [0.3, 0.4) is 0 Å². The Morgan fingerprint density at radius 2 is 2.25 bits per heavy atom. The van der Waals surface area contributed by atoms with Crippen LogP contribution >= 0.6 is 11.8 Å². The number of methoxy groups -OCH3 is 1. The predicted molar refractivity (Wildman–Crippen MR) is 81.7 cm³/mol. The minimum Gasteiger partial charge on any atom is -0.497 e. The lowest BCUT2D eigenvalue weighted by atomic mass is 10.1. The Balaban J connectivity index is 2.12. The molecule has 6 heteroatoms. The highest BCUT2D eigenvalue weighted by Gasteiger charge is 2.13. The second kappa shape index (κ2) is 6.65. The third-order valence-electron chi connectivity index (χ3n) is 3.03. The Kier molecular flexibility index (Phi) is 4.89. The molecule has 0 radical (unpaired) electrons. The zero-order valence-electron chi connectivity index (χ0n) is 11.9. The van der Waals surface area contributed by atoms with Gasteiger partial charge in [0.25, 0.3) is 5.89 Å². The number of nitrogens with zero attached hydrogens (tertiary/aromatic N) is 2. The molecule has 0 bridgehead atoms. The van der Waals surface area contributed by atoms with Gasteiger partial charge >= 0.3 is 0 Å². The summed E-state index contributed by atoms with van der Waals surface area (Å²) in [6, 6.07) is 5.39. The van der Waals surface area contributed by atoms with Crippen molar-refractivity contribution in [2.45, 2.75) is 31.3 Å². The van der Waals surface area contributed by atoms with Gasteiger partial charge in [0.1, 0.15) is 5.75 Å². The van der Waals surface area contributed by atoms with Gasteiger partial charge in [0.15, 0.2) is 5.82 Å². The highest BCUT2D eigenvalue weighted by atomic mass is 32.2. The number of thioether (sulfide) groups is 1. The van der Waals surface area contributed by atoms with Gasteiger partial charge in [0.2, 0.25) is 0 Å². The van der Waals surface area contributed by atoms with Crippen molar-refractivity contribution in [3.8, 4) is 17.2 Å². The number of nitrogens with two attached hydrogens (primary N) is 1. The average molecular weight is 293 g/mol. The first kappa shape index (κ1) is 14.7. The van der Waals surface area contributed by atoms with E-state index in [1.165, 1.54) is 0 Å². The third-order valence-corrected chi connectivity index (χ3v) is 4.36. The first-order valence-electron chi connectivity index (χ1n) is 6.52. The van der Waals surface area contributed by atoms with Crippen LogP contribution in [-0.2, 0) is 5.75 Å². The van der Waals surface area contributed by atoms with E-state index in [4.69, 9.17) is 15.0 Å². The zero-order valence-corrected chi connectivity index (χ0v) is 12.7. The smallest absolute Gasteiger partial charge is 0.260 e. The summed E-state index contributed by atoms with van der Waals surface area (Å²) in [5.74, 6) is 2.60. The number of benzene rings is 1. The lowest BCUT2D eigenvalue weighted by Crippen LogP contribution is -1.95. The number of hydrogen-bond donors (Lipinski definition) is 1. The van der Waals surface area contributed by atoms with E-state index >= 15 is 0 Å². The summed E-state index contributed by atoms with van der Waals surface area (Å²) < 4.78 is 10.4. The maximum absolute atomic E-state index is 5.97. The summed E-state index contributed by atoms with van der Waals surface area (Å²) in [6.07, 6.45) is 1.13. The van der Waals surface area contributed by atoms with E-state index in [9.17, 15) is 0 Å². The highest BCUT2D eigenvalue weighted by molar-refractivity contribution is 7.99. The molecule has 5 nitrogen and oxygen atoms in total. The molecule has 1 aromatic heterocycles. The Hall–Kier alpha value is -1.69. The lowest BCUT2D eigenvalue weighted by molar-refractivity contribution is 0.414. The van der Waals surface area contributed by atoms with E-state index in [2.05, 4.69) is 24.0 Å². The lowest BCUT2D eigenvalue weighted by Gasteiger charge is -2.04. The third kappa shape index (κ3) is 3.45. The highest BCUT2D eigenvalue weighted by Crippen LogP contribution is 2.28. The summed E-state index contributed by atoms with van der Waals surface area (Å²) in [5.41, 5.74) is 7.27. The zero-order chi connectivity index (χ0) is 14.5. The fourth-order valence-electron chi connectivity index (χ4n) is 1.62. The first-order valence-corrected chi connectivity index (χ1v) is 7.57. The van der Waals surface area contributed by atoms with Crippen LogP contribution in [0.2, 0.25) is 0 Å². The van der Waals surface area contributed by atoms with Crippen LogP contribution in [0, 0.1) is 0 Å². The first-order chi connectivity index (χ1) is 9.63. The molecule has 108 valence electrons. The molecule has 2 N–H and O–H groups in total. The van der Waals surface area contributed by atoms with E-state index in [0.29, 0.717) is 28.4 Å². The number of nitrogen functional groups attached to an aromatic ring is 1. The molecule has 0 saturated heterocycles. The molecule has 1 unspecified atom stereocenters. The Bertz CT molecular complexity index is 571. The van der Waals surface area contributed by atoms with E-state index in [1.807, 2.05) is 23.9 Å². The average Bonchev–Trinajstić information content (AvgIpc) is 2.93. The minimum atomic E-state index is 0.449. The van der Waals surface area contributed by atoms with Gasteiger partial charge < -0.3 is 15.0 Å². The van der Waals surface area contributed by atoms with Crippen LogP contribution < -0.4 is 10.5 Å². The van der Waals surface area contributed by atoms with Crippen molar-refractivity contribution >= 4 is 17.4 Å². The minimum absolute atomic E-state index is 0.449. The second-order valence-corrected chi connectivity index (χ2v) is 5.93. The molecular formula is C14H19N3O2S. The maximum atomic E-state index is 5.97. The van der Waals surface area contributed by atoms with Crippen LogP contribution in [-0.4, -0.2) is 22.5 Å². The van der Waals surface area contributed by atoms with Gasteiger partial charge in [-0.15, -0.1) is 0 Å². The molecule has 1 atom stereocenters. The standard InChI is InChI=1S/C14H19N3O2S/c1-4-9(2)20-8-13-16-14(19-17-13)11-6-5-10(18-3)7-12(11)15/h5-7,9H,4,8,15H2,1-3H3. The van der Waals surface area contributed by atoms with E-state index < -0.39 is 0 Å². The van der Waals surface area contributed by atoms with Crippen LogP contribution in [0.25, 0.3) is 11.5 Å². The molecule has 0 aliphatic rings. The Morgan fingerprint density at radius 1 is 1.45 bits per heavy atom. The SMILES string of the molecule is CCC(C)SCc1noc(-c2ccc(OC)cc2N)n1. The number of rotatable bonds is 6. The molecule has 0 amide bonds. The van der Waals surface area contributed by atoms with Crippen molar-refractivity contribution in [3.63, 3.8) is 0 Å². The molecule has 2 aromatic rings. The molecule has 2 rings (SSSR count). The van der Waals surface area contributed by atoms with Gasteiger partial charge in [-0.1, -0.05) is 19.0 Å². The molecule has 0 aliphatic heterocycles. The van der Waals surface area contributed by atoms with Gasteiger partial charge in [0.05, 0.1) is 18.4 Å². The number of ether oxygens (including phenoxy) is 1. The quantitative estimate of drug-likeness (QED) is 0.823. The van der Waals surface area contributed by atoms with Gasteiger partial charge in [-0.3, -0.25) is 0 Å². The topological polar surface area (TPSA) is 74.2 Å². The van der Waals surface area contributed by atoms with Crippen molar-refractivity contribution in [2.75, 3.05) is 12.8 Å². The van der Waals surface area contributed by atoms with Crippen LogP contribution in [0.4, 0.5) is 5.69 Å². The van der Waals surface area contributed by atoms with Gasteiger partial charge in [-0.2, -0.15) is 16.7 Å². The molecule has 20 heavy (non-hydrogen) atoms. The molecule has 0 saturated carbocycles. The van der Waals surface area contributed by atoms with Gasteiger partial charge in [-0.25, -0.2) is 0 Å². The number of anilines is 1. The van der Waals surface area contributed by atoms with Gasteiger partial charge in [-0.05, 0) is 18.6 Å². The van der Waals surface area contributed by atoms with E-state index in [-0.39, 0.29) is 0 Å². The fourth-order valence-corrected chi connectivity index (χ4v) is 2.41. The fraction of sp³-hybridized carbons (Fsp3) is 0.429. The van der Waals surface area contributed by atoms with Crippen LogP contribution in [0.15, 0.2) is 22.7 Å². The normalized spacial score (nSPS) is 12.3. The Labute approximate surface area is 122 Å². The molecular weight excluding hydrogens is 274 g/mol. The number of aromatic nitrogens is 2. The summed E-state index contributed by atoms with van der Waals surface area (Å²) in [4.78, 5) is 4.38. The summed E-state index contributed by atoms with van der Waals surface area (Å²) >= 11 is 1.81. The Morgan fingerprint density at radius 3 is 2.90 bits per heavy atom. The largest absolute Gasteiger partial charge is 0.497 e. The van der Waals surface area contributed by atoms with Crippen LogP contribution in [0.5, 0.6) is 5.75 Å². The number of hydrogen-bond acceptors (Lipinski definition) is 6. The van der Waals surface area contributed by atoms with Gasteiger partial charge in [0, 0.05) is 17.0 Å². The van der Waals surface area contributed by atoms with Crippen molar-refractivity contribution in [1.29, 1.82) is 0 Å². The molecule has 1 aromatic carbocycles. The predicted octanol–water partition coefficient (Wildman–Crippen LogP) is 3.36.